The van der Waals surface area contributed by atoms with Crippen LogP contribution in [0, 0.1) is 0 Å². The van der Waals surface area contributed by atoms with Crippen LogP contribution >= 0.6 is 0 Å². The Balaban J connectivity index is 0. The fourth-order valence-electron chi connectivity index (χ4n) is 0. The molecule has 6 heavy (non-hydrogen) atoms. The van der Waals surface area contributed by atoms with Crippen molar-refractivity contribution in [1.29, 1.82) is 0 Å². The van der Waals surface area contributed by atoms with Crippen molar-refractivity contribution in [2.45, 2.75) is 0 Å². The Kier molecular flexibility index (Phi) is 2690. The van der Waals surface area contributed by atoms with Gasteiger partial charge in [0.25, 0.3) is 0 Å². The molecule has 0 saturated carbocycles. The third kappa shape index (κ3) is 55.4. The second-order valence-corrected chi connectivity index (χ2v) is 0. The van der Waals surface area contributed by atoms with Crippen molar-refractivity contribution in [2.24, 2.45) is 0 Å². The van der Waals surface area contributed by atoms with E-state index in [0.717, 1.165) is 0 Å². The van der Waals surface area contributed by atoms with Crippen LogP contribution in [0.2, 0.25) is 0 Å². The van der Waals surface area contributed by atoms with Crippen LogP contribution in [-0.2, 0) is 43.6 Å². The van der Waals surface area contributed by atoms with Gasteiger partial charge in [-0.15, -0.1) is 0 Å². The Morgan fingerprint density at radius 3 is 0.500 bits per heavy atom. The Morgan fingerprint density at radius 1 is 0.500 bits per heavy atom. The molecule has 0 aliphatic heterocycles. The van der Waals surface area contributed by atoms with Gasteiger partial charge < -0.3 is 21.9 Å². The molecule has 0 aromatic carbocycles. The van der Waals surface area contributed by atoms with Gasteiger partial charge in [0.1, 0.15) is 0 Å². The molecule has 0 bridgehead atoms. The molecule has 0 unspecified atom stereocenters. The van der Waals surface area contributed by atoms with Crippen LogP contribution in [-0.4, -0.2) is 23.9 Å². The molecule has 32 valence electrons. The van der Waals surface area contributed by atoms with Gasteiger partial charge in [-0.2, -0.15) is 0 Å². The van der Waals surface area contributed by atoms with Gasteiger partial charge in [-0.1, -0.05) is 0 Å². The van der Waals surface area contributed by atoms with E-state index in [1.807, 2.05) is 0 Å². The van der Waals surface area contributed by atoms with Crippen LogP contribution in [0.3, 0.4) is 0 Å². The summed E-state index contributed by atoms with van der Waals surface area (Å²) in [6.45, 7) is 0. The first kappa shape index (κ1) is 162. The summed E-state index contributed by atoms with van der Waals surface area (Å²) in [6.07, 6.45) is 0. The SMILES string of the molecule is [O-2].[O-2].[O-2].[O-2].[Sn+4].[Ti+4]. The average Bonchev–Trinajstić information content (AvgIpc) is 0. The first-order valence-corrected chi connectivity index (χ1v) is 0. The molecule has 0 rings (SSSR count). The van der Waals surface area contributed by atoms with Gasteiger partial charge in [-0.25, -0.2) is 0 Å². The molecule has 0 heterocycles. The molecule has 0 radical (unpaired) electrons. The van der Waals surface area contributed by atoms with Crippen LogP contribution in [0.15, 0.2) is 0 Å². The van der Waals surface area contributed by atoms with Gasteiger partial charge in [0.05, 0.1) is 0 Å². The van der Waals surface area contributed by atoms with E-state index in [0.29, 0.717) is 0 Å². The summed E-state index contributed by atoms with van der Waals surface area (Å²) in [5.41, 5.74) is 0. The maximum atomic E-state index is 0. The van der Waals surface area contributed by atoms with Crippen molar-refractivity contribution in [3.63, 3.8) is 0 Å². The Bertz CT molecular complexity index is 7.51. The van der Waals surface area contributed by atoms with Crippen LogP contribution in [0.1, 0.15) is 0 Å². The molecule has 0 amide bonds. The smallest absolute Gasteiger partial charge is 2.00 e. The van der Waals surface area contributed by atoms with Crippen molar-refractivity contribution in [3.05, 3.63) is 0 Å². The molecule has 0 spiro atoms. The van der Waals surface area contributed by atoms with Crippen LogP contribution in [0.5, 0.6) is 0 Å². The third-order valence-electron chi connectivity index (χ3n) is 0. The summed E-state index contributed by atoms with van der Waals surface area (Å²) in [5, 5.41) is 0. The van der Waals surface area contributed by atoms with E-state index in [-0.39, 0.29) is 67.5 Å². The van der Waals surface area contributed by atoms with E-state index < -0.39 is 0 Å². The zero-order valence-corrected chi connectivity index (χ0v) is 7.05. The van der Waals surface area contributed by atoms with Crippen LogP contribution in [0.25, 0.3) is 0 Å². The summed E-state index contributed by atoms with van der Waals surface area (Å²) < 4.78 is 0. The summed E-state index contributed by atoms with van der Waals surface area (Å²) >= 11 is 0. The second kappa shape index (κ2) is 99.4. The summed E-state index contributed by atoms with van der Waals surface area (Å²) in [6, 6.07) is 0. The van der Waals surface area contributed by atoms with Crippen LogP contribution < -0.4 is 0 Å². The average molecular weight is 231 g/mol. The fraction of sp³-hybridized carbons (Fsp3) is 0. The topological polar surface area (TPSA) is 114 Å². The Hall–Kier alpha value is 1.35. The van der Waals surface area contributed by atoms with E-state index in [2.05, 4.69) is 0 Å². The first-order chi connectivity index (χ1) is 0. The van der Waals surface area contributed by atoms with Gasteiger partial charge in [-0.3, -0.25) is 0 Å². The summed E-state index contributed by atoms with van der Waals surface area (Å²) in [7, 11) is 0. The predicted octanol–water partition coefficient (Wildman–Crippen LogP) is -0.859. The molecular formula is O4SnTi. The maximum Gasteiger partial charge on any atom is 4.00 e. The largest absolute Gasteiger partial charge is 4.00 e. The first-order valence-electron chi connectivity index (χ1n) is 0. The van der Waals surface area contributed by atoms with E-state index in [1.165, 1.54) is 0 Å². The quantitative estimate of drug-likeness (QED) is 0.482. The van der Waals surface area contributed by atoms with Crippen molar-refractivity contribution in [2.75, 3.05) is 0 Å². The van der Waals surface area contributed by atoms with Crippen molar-refractivity contribution < 1.29 is 43.6 Å². The third-order valence-corrected chi connectivity index (χ3v) is 0. The van der Waals surface area contributed by atoms with Gasteiger partial charge >= 0.3 is 45.6 Å². The zero-order chi connectivity index (χ0) is 0. The molecule has 0 atom stereocenters. The molecule has 6 heteroatoms. The molecule has 0 aliphatic carbocycles. The van der Waals surface area contributed by atoms with Gasteiger partial charge in [0.15, 0.2) is 0 Å². The Labute approximate surface area is 67.4 Å². The number of hydrogen-bond donors (Lipinski definition) is 0. The van der Waals surface area contributed by atoms with E-state index >= 15 is 0 Å². The molecular weight excluding hydrogens is 231 g/mol. The van der Waals surface area contributed by atoms with Crippen molar-refractivity contribution >= 4 is 23.9 Å². The van der Waals surface area contributed by atoms with Gasteiger partial charge in [0, 0.05) is 0 Å². The monoisotopic (exact) mass is 232 g/mol. The molecule has 4 nitrogen and oxygen atoms in total. The zero-order valence-electron chi connectivity index (χ0n) is 2.63. The predicted molar refractivity (Wildman–Crippen MR) is 8.50 cm³/mol. The summed E-state index contributed by atoms with van der Waals surface area (Å²) in [5.74, 6) is 0. The van der Waals surface area contributed by atoms with Crippen molar-refractivity contribution in [1.82, 2.24) is 0 Å². The van der Waals surface area contributed by atoms with Gasteiger partial charge in [0.2, 0.25) is 0 Å². The number of rotatable bonds is 0. The minimum absolute atomic E-state index is 0. The molecule has 0 aromatic rings. The normalized spacial score (nSPS) is 0. The van der Waals surface area contributed by atoms with E-state index in [9.17, 15) is 0 Å². The molecule has 0 N–H and O–H groups in total. The van der Waals surface area contributed by atoms with E-state index in [4.69, 9.17) is 0 Å². The van der Waals surface area contributed by atoms with Crippen LogP contribution in [0.4, 0.5) is 0 Å². The molecule has 0 aromatic heterocycles. The molecule has 0 aliphatic rings. The molecule has 0 fully saturated rings. The fourth-order valence-corrected chi connectivity index (χ4v) is 0. The standard InChI is InChI=1S/4O.Sn.Ti/q4*-2;2*+4. The number of hydrogen-bond acceptors (Lipinski definition) is 0. The summed E-state index contributed by atoms with van der Waals surface area (Å²) in [4.78, 5) is 0. The molecule has 0 saturated heterocycles. The van der Waals surface area contributed by atoms with Gasteiger partial charge in [-0.05, 0) is 0 Å². The van der Waals surface area contributed by atoms with Crippen molar-refractivity contribution in [3.8, 4) is 0 Å². The minimum atomic E-state index is 0. The minimum Gasteiger partial charge on any atom is -2.00 e. The second-order valence-electron chi connectivity index (χ2n) is 0. The Morgan fingerprint density at radius 2 is 0.500 bits per heavy atom. The van der Waals surface area contributed by atoms with E-state index in [1.54, 1.807) is 0 Å². The maximum absolute atomic E-state index is 0.